The molecule has 3 aromatic heterocycles. The Labute approximate surface area is 210 Å². The fraction of sp³-hybridized carbons (Fsp3) is 0.192. The third kappa shape index (κ3) is 3.89. The van der Waals surface area contributed by atoms with Gasteiger partial charge in [-0.1, -0.05) is 17.9 Å². The predicted molar refractivity (Wildman–Crippen MR) is 135 cm³/mol. The first-order valence-corrected chi connectivity index (χ1v) is 12.4. The number of hydrogen-bond acceptors (Lipinski definition) is 7. The lowest BCUT2D eigenvalue weighted by Gasteiger charge is -2.26. The number of hydrogen-bond donors (Lipinski definition) is 3. The van der Waals surface area contributed by atoms with Crippen molar-refractivity contribution in [2.24, 2.45) is 0 Å². The molecule has 1 aliphatic heterocycles. The number of thiazole rings is 1. The number of nitrogens with zero attached hydrogens (tertiary/aromatic N) is 4. The lowest BCUT2D eigenvalue weighted by Crippen LogP contribution is -2.38. The van der Waals surface area contributed by atoms with Crippen LogP contribution >= 0.6 is 11.3 Å². The van der Waals surface area contributed by atoms with Gasteiger partial charge in [-0.25, -0.2) is 9.97 Å². The zero-order valence-electron chi connectivity index (χ0n) is 19.1. The number of H-pyrrole nitrogens is 1. The van der Waals surface area contributed by atoms with Crippen LogP contribution in [0, 0.1) is 11.8 Å². The first kappa shape index (κ1) is 22.0. The summed E-state index contributed by atoms with van der Waals surface area (Å²) in [5, 5.41) is 12.7. The molecule has 0 saturated carbocycles. The van der Waals surface area contributed by atoms with Crippen molar-refractivity contribution in [1.82, 2.24) is 25.1 Å². The lowest BCUT2D eigenvalue weighted by molar-refractivity contribution is -0.121. The highest BCUT2D eigenvalue weighted by atomic mass is 32.1. The van der Waals surface area contributed by atoms with Crippen molar-refractivity contribution >= 4 is 34.1 Å². The van der Waals surface area contributed by atoms with Crippen molar-refractivity contribution in [2.75, 3.05) is 11.1 Å². The van der Waals surface area contributed by atoms with Crippen LogP contribution in [0.4, 0.5) is 10.9 Å². The largest absolute Gasteiger partial charge is 0.384 e. The van der Waals surface area contributed by atoms with Gasteiger partial charge in [-0.2, -0.15) is 5.10 Å². The van der Waals surface area contributed by atoms with E-state index in [1.807, 2.05) is 12.1 Å². The molecule has 36 heavy (non-hydrogen) atoms. The summed E-state index contributed by atoms with van der Waals surface area (Å²) in [4.78, 5) is 37.0. The van der Waals surface area contributed by atoms with Gasteiger partial charge in [0, 0.05) is 46.7 Å². The second kappa shape index (κ2) is 8.94. The summed E-state index contributed by atoms with van der Waals surface area (Å²) in [5.74, 6) is 6.11. The van der Waals surface area contributed by atoms with Crippen molar-refractivity contribution in [3.63, 3.8) is 0 Å². The van der Waals surface area contributed by atoms with Gasteiger partial charge in [0.2, 0.25) is 0 Å². The maximum atomic E-state index is 13.6. The molecule has 0 spiro atoms. The van der Waals surface area contributed by atoms with Gasteiger partial charge >= 0.3 is 0 Å². The van der Waals surface area contributed by atoms with Crippen molar-refractivity contribution < 1.29 is 9.59 Å². The smallest absolute Gasteiger partial charge is 0.255 e. The van der Waals surface area contributed by atoms with Crippen molar-refractivity contribution in [3.05, 3.63) is 87.3 Å². The molecule has 0 bridgehead atoms. The van der Waals surface area contributed by atoms with E-state index in [9.17, 15) is 9.59 Å². The molecule has 2 aliphatic rings. The second-order valence-corrected chi connectivity index (χ2v) is 9.53. The Kier molecular flexibility index (Phi) is 5.47. The van der Waals surface area contributed by atoms with Gasteiger partial charge in [0.25, 0.3) is 11.8 Å². The molecular formula is C26H21N7O2S. The van der Waals surface area contributed by atoms with Gasteiger partial charge in [-0.05, 0) is 54.7 Å². The Morgan fingerprint density at radius 2 is 2.08 bits per heavy atom. The maximum absolute atomic E-state index is 13.6. The zero-order valence-corrected chi connectivity index (χ0v) is 19.9. The third-order valence-corrected chi connectivity index (χ3v) is 7.13. The molecule has 1 aromatic carbocycles. The minimum Gasteiger partial charge on any atom is -0.384 e. The number of carbonyl (C=O) groups excluding carboxylic acids is 2. The highest BCUT2D eigenvalue weighted by Crippen LogP contribution is 2.37. The van der Waals surface area contributed by atoms with E-state index < -0.39 is 6.04 Å². The molecule has 0 fully saturated rings. The molecule has 178 valence electrons. The second-order valence-electron chi connectivity index (χ2n) is 8.64. The lowest BCUT2D eigenvalue weighted by atomic mass is 10.0. The number of nitrogen functional groups attached to an aromatic ring is 1. The van der Waals surface area contributed by atoms with E-state index in [0.717, 1.165) is 47.2 Å². The Hall–Kier alpha value is -4.49. The highest BCUT2D eigenvalue weighted by Gasteiger charge is 2.41. The summed E-state index contributed by atoms with van der Waals surface area (Å²) in [7, 11) is 0. The number of aromatic amines is 1. The number of carbonyl (C=O) groups is 2. The number of rotatable bonds is 4. The van der Waals surface area contributed by atoms with Gasteiger partial charge < -0.3 is 10.6 Å². The van der Waals surface area contributed by atoms with Crippen LogP contribution in [0.5, 0.6) is 0 Å². The van der Waals surface area contributed by atoms with Crippen molar-refractivity contribution in [3.8, 4) is 11.8 Å². The molecule has 1 aliphatic carbocycles. The molecule has 6 rings (SSSR count). The Morgan fingerprint density at radius 1 is 1.17 bits per heavy atom. The Bertz CT molecular complexity index is 1530. The minimum atomic E-state index is -0.894. The van der Waals surface area contributed by atoms with Crippen molar-refractivity contribution in [2.45, 2.75) is 31.8 Å². The van der Waals surface area contributed by atoms with Crippen LogP contribution in [0.25, 0.3) is 0 Å². The molecule has 2 amide bonds. The number of aryl methyl sites for hydroxylation is 1. The molecule has 4 N–H and O–H groups in total. The molecule has 4 heterocycles. The summed E-state index contributed by atoms with van der Waals surface area (Å²) >= 11 is 1.32. The summed E-state index contributed by atoms with van der Waals surface area (Å²) < 4.78 is 0. The number of aromatic nitrogens is 4. The first-order chi connectivity index (χ1) is 17.6. The average Bonchev–Trinajstić information content (AvgIpc) is 3.67. The molecule has 1 atom stereocenters. The quantitative estimate of drug-likeness (QED) is 0.373. The van der Waals surface area contributed by atoms with E-state index in [2.05, 4.69) is 37.3 Å². The van der Waals surface area contributed by atoms with Gasteiger partial charge in [-0.15, -0.1) is 11.3 Å². The van der Waals surface area contributed by atoms with Gasteiger partial charge in [0.15, 0.2) is 11.2 Å². The number of benzene rings is 1. The number of nitrogens with two attached hydrogens (primary N) is 1. The van der Waals surface area contributed by atoms with E-state index >= 15 is 0 Å². The number of fused-ring (bicyclic) bond motifs is 2. The minimum absolute atomic E-state index is 0.225. The molecule has 0 saturated heterocycles. The normalized spacial score (nSPS) is 14.7. The molecular weight excluding hydrogens is 474 g/mol. The van der Waals surface area contributed by atoms with Crippen LogP contribution in [0.1, 0.15) is 56.5 Å². The van der Waals surface area contributed by atoms with Crippen LogP contribution in [0.2, 0.25) is 0 Å². The van der Waals surface area contributed by atoms with E-state index in [-0.39, 0.29) is 18.4 Å². The molecule has 1 unspecified atom stereocenters. The number of anilines is 2. The van der Waals surface area contributed by atoms with Crippen LogP contribution in [-0.2, 0) is 24.2 Å². The summed E-state index contributed by atoms with van der Waals surface area (Å²) in [6.07, 6.45) is 5.94. The van der Waals surface area contributed by atoms with Crippen LogP contribution in [0.15, 0.2) is 48.1 Å². The molecule has 9 nitrogen and oxygen atoms in total. The zero-order chi connectivity index (χ0) is 24.6. The average molecular weight is 496 g/mol. The third-order valence-electron chi connectivity index (χ3n) is 6.44. The van der Waals surface area contributed by atoms with E-state index in [0.29, 0.717) is 22.2 Å². The Morgan fingerprint density at radius 3 is 2.89 bits per heavy atom. The summed E-state index contributed by atoms with van der Waals surface area (Å²) in [6, 6.07) is 8.06. The van der Waals surface area contributed by atoms with Crippen LogP contribution in [0.3, 0.4) is 0 Å². The van der Waals surface area contributed by atoms with E-state index in [1.165, 1.54) is 11.3 Å². The van der Waals surface area contributed by atoms with Gasteiger partial charge in [0.1, 0.15) is 5.82 Å². The highest BCUT2D eigenvalue weighted by molar-refractivity contribution is 7.13. The predicted octanol–water partition coefficient (Wildman–Crippen LogP) is 3.07. The first-order valence-electron chi connectivity index (χ1n) is 11.5. The van der Waals surface area contributed by atoms with Gasteiger partial charge in [0.05, 0.1) is 5.69 Å². The fourth-order valence-corrected chi connectivity index (χ4v) is 5.27. The fourth-order valence-electron chi connectivity index (χ4n) is 4.74. The van der Waals surface area contributed by atoms with Crippen LogP contribution < -0.4 is 11.1 Å². The number of nitrogens with one attached hydrogen (secondary N) is 2. The monoisotopic (exact) mass is 495 g/mol. The molecule has 4 aromatic rings. The SMILES string of the molecule is Nc1ccc(C#Cc2cccc3c2CN(C(C(=O)Nc2nccs2)c2n[nH]c4c2CCC4)C3=O)cn1. The van der Waals surface area contributed by atoms with Crippen molar-refractivity contribution in [1.29, 1.82) is 0 Å². The number of pyridine rings is 1. The Balaban J connectivity index is 1.36. The van der Waals surface area contributed by atoms with E-state index in [1.54, 1.807) is 40.9 Å². The standard InChI is InChI=1S/C26H21N7O2S/c27-21-10-8-15(13-29-21)7-9-16-3-1-4-17-19(16)14-33(25(17)35)23(24(34)30-26-28-11-12-36-26)22-18-5-2-6-20(18)31-32-22/h1,3-4,8,10-13,23H,2,5-6,14H2,(H2,27,29)(H,31,32)(H,28,30,34). The summed E-state index contributed by atoms with van der Waals surface area (Å²) in [5.41, 5.74) is 11.1. The number of amides is 2. The molecule has 0 radical (unpaired) electrons. The topological polar surface area (TPSA) is 130 Å². The molecule has 10 heteroatoms. The van der Waals surface area contributed by atoms with E-state index in [4.69, 9.17) is 5.73 Å². The summed E-state index contributed by atoms with van der Waals surface area (Å²) in [6.45, 7) is 0.247. The van der Waals surface area contributed by atoms with Crippen LogP contribution in [-0.4, -0.2) is 36.9 Å². The van der Waals surface area contributed by atoms with Gasteiger partial charge in [-0.3, -0.25) is 20.0 Å². The maximum Gasteiger partial charge on any atom is 0.255 e.